The lowest BCUT2D eigenvalue weighted by atomic mass is 10.0. The molecule has 2 fully saturated rings. The summed E-state index contributed by atoms with van der Waals surface area (Å²) in [4.78, 5) is 16.4. The maximum atomic E-state index is 6.71. The van der Waals surface area contributed by atoms with Crippen molar-refractivity contribution < 1.29 is 0 Å². The quantitative estimate of drug-likeness (QED) is 0.409. The van der Waals surface area contributed by atoms with Crippen LogP contribution in [0.15, 0.2) is 36.1 Å². The van der Waals surface area contributed by atoms with Crippen LogP contribution in [0.4, 0.5) is 5.82 Å². The normalized spacial score (nSPS) is 24.2. The van der Waals surface area contributed by atoms with Gasteiger partial charge in [-0.3, -0.25) is 9.78 Å². The molecule has 0 amide bonds. The molecule has 33 heavy (non-hydrogen) atoms. The van der Waals surface area contributed by atoms with Crippen molar-refractivity contribution >= 4 is 50.8 Å². The summed E-state index contributed by atoms with van der Waals surface area (Å²) in [6, 6.07) is 3.90. The minimum Gasteiger partial charge on any atom is -0.355 e. The first-order chi connectivity index (χ1) is 16.1. The first-order valence-electron chi connectivity index (χ1n) is 10.8. The van der Waals surface area contributed by atoms with Crippen LogP contribution in [0.25, 0.3) is 33.3 Å². The maximum absolute atomic E-state index is 6.71. The van der Waals surface area contributed by atoms with Crippen molar-refractivity contribution in [1.29, 1.82) is 0 Å². The Labute approximate surface area is 197 Å². The number of piperidine rings is 1. The van der Waals surface area contributed by atoms with Gasteiger partial charge in [-0.15, -0.1) is 11.3 Å². The third kappa shape index (κ3) is 2.59. The molecule has 1 saturated carbocycles. The van der Waals surface area contributed by atoms with Gasteiger partial charge in [0.2, 0.25) is 5.65 Å². The molecule has 2 aliphatic rings. The summed E-state index contributed by atoms with van der Waals surface area (Å²) < 4.78 is 1.76. The van der Waals surface area contributed by atoms with Crippen molar-refractivity contribution in [2.75, 3.05) is 24.5 Å². The van der Waals surface area contributed by atoms with E-state index in [0.717, 1.165) is 41.1 Å². The number of nitrogens with zero attached hydrogens (tertiary/aromatic N) is 7. The standard InChI is InChI=1S/C22H20ClN9S/c1-31-7-12-15(30-31)3-2-11(17(12)23)18-19-20(29-28-18)27-16(6-26-19)32-8-13-14(9-32)22(13,10-24)21-25-4-5-33-21/h2-7,13-14H,8-10,24H2,1H3,(H,27,28,29)/t13-,14+,22?. The van der Waals surface area contributed by atoms with Crippen molar-refractivity contribution in [3.8, 4) is 11.3 Å². The summed E-state index contributed by atoms with van der Waals surface area (Å²) in [7, 11) is 1.88. The molecule has 3 N–H and O–H groups in total. The Balaban J connectivity index is 1.20. The number of fused-ring (bicyclic) bond motifs is 3. The Bertz CT molecular complexity index is 1510. The Morgan fingerprint density at radius 1 is 1.27 bits per heavy atom. The minimum atomic E-state index is 0.0311. The van der Waals surface area contributed by atoms with Gasteiger partial charge >= 0.3 is 0 Å². The molecule has 9 nitrogen and oxygen atoms in total. The van der Waals surface area contributed by atoms with E-state index in [2.05, 4.69) is 25.2 Å². The number of H-pyrrole nitrogens is 1. The average Bonchev–Trinajstić information content (AvgIpc) is 3.47. The molecule has 7 rings (SSSR count). The number of aromatic amines is 1. The topological polar surface area (TPSA) is 114 Å². The molecule has 5 heterocycles. The summed E-state index contributed by atoms with van der Waals surface area (Å²) in [5, 5.41) is 16.7. The van der Waals surface area contributed by atoms with Crippen LogP contribution >= 0.6 is 22.9 Å². The van der Waals surface area contributed by atoms with E-state index in [9.17, 15) is 0 Å². The molecule has 1 saturated heterocycles. The van der Waals surface area contributed by atoms with Crippen molar-refractivity contribution in [2.24, 2.45) is 24.6 Å². The van der Waals surface area contributed by atoms with Crippen molar-refractivity contribution in [1.82, 2.24) is 34.9 Å². The van der Waals surface area contributed by atoms with Crippen LogP contribution in [0.1, 0.15) is 5.01 Å². The van der Waals surface area contributed by atoms with Crippen LogP contribution in [-0.4, -0.2) is 54.6 Å². The zero-order valence-electron chi connectivity index (χ0n) is 17.7. The second-order valence-electron chi connectivity index (χ2n) is 8.86. The molecule has 1 aliphatic heterocycles. The SMILES string of the molecule is Cn1cc2c(Cl)c(-c3[nH]nc4nc(N5C[C@@H]6[C@H](C5)C6(CN)c5nccs5)cnc34)ccc2n1. The molecule has 166 valence electrons. The maximum Gasteiger partial charge on any atom is 0.202 e. The van der Waals surface area contributed by atoms with E-state index in [1.807, 2.05) is 43.2 Å². The highest BCUT2D eigenvalue weighted by Crippen LogP contribution is 2.63. The number of nitrogens with one attached hydrogen (secondary N) is 1. The van der Waals surface area contributed by atoms with Crippen LogP contribution in [0.5, 0.6) is 0 Å². The van der Waals surface area contributed by atoms with E-state index in [1.165, 1.54) is 5.01 Å². The molecule has 0 bridgehead atoms. The monoisotopic (exact) mass is 477 g/mol. The van der Waals surface area contributed by atoms with E-state index in [-0.39, 0.29) is 5.41 Å². The number of benzene rings is 1. The molecular formula is C22H20ClN9S. The summed E-state index contributed by atoms with van der Waals surface area (Å²) in [6.45, 7) is 2.45. The lowest BCUT2D eigenvalue weighted by molar-refractivity contribution is 0.550. The summed E-state index contributed by atoms with van der Waals surface area (Å²) >= 11 is 8.42. The Hall–Kier alpha value is -3.08. The molecular weight excluding hydrogens is 458 g/mol. The van der Waals surface area contributed by atoms with E-state index in [0.29, 0.717) is 34.6 Å². The molecule has 1 unspecified atom stereocenters. The number of aromatic nitrogens is 7. The average molecular weight is 478 g/mol. The Morgan fingerprint density at radius 2 is 2.12 bits per heavy atom. The minimum absolute atomic E-state index is 0.0311. The van der Waals surface area contributed by atoms with Gasteiger partial charge in [-0.25, -0.2) is 15.0 Å². The molecule has 11 heteroatoms. The lowest BCUT2D eigenvalue weighted by Gasteiger charge is -2.25. The van der Waals surface area contributed by atoms with Crippen LogP contribution in [0.2, 0.25) is 5.02 Å². The van der Waals surface area contributed by atoms with Crippen LogP contribution in [0.3, 0.4) is 0 Å². The highest BCUT2D eigenvalue weighted by Gasteiger charge is 2.69. The second-order valence-corrected chi connectivity index (χ2v) is 10.1. The zero-order chi connectivity index (χ0) is 22.3. The van der Waals surface area contributed by atoms with Gasteiger partial charge in [0.25, 0.3) is 0 Å². The molecule has 4 aromatic heterocycles. The van der Waals surface area contributed by atoms with Gasteiger partial charge in [-0.05, 0) is 24.0 Å². The second kappa shape index (κ2) is 6.72. The first kappa shape index (κ1) is 19.4. The summed E-state index contributed by atoms with van der Waals surface area (Å²) in [6.07, 6.45) is 5.61. The Kier molecular flexibility index (Phi) is 3.95. The fourth-order valence-electron chi connectivity index (χ4n) is 5.58. The van der Waals surface area contributed by atoms with E-state index < -0.39 is 0 Å². The lowest BCUT2D eigenvalue weighted by Crippen LogP contribution is -2.35. The Morgan fingerprint density at radius 3 is 2.88 bits per heavy atom. The molecule has 3 atom stereocenters. The predicted octanol–water partition coefficient (Wildman–Crippen LogP) is 2.98. The smallest absolute Gasteiger partial charge is 0.202 e. The fraction of sp³-hybridized carbons (Fsp3) is 0.318. The number of nitrogens with two attached hydrogens (primary N) is 1. The highest BCUT2D eigenvalue weighted by molar-refractivity contribution is 7.09. The summed E-state index contributed by atoms with van der Waals surface area (Å²) in [5.41, 5.74) is 9.96. The highest BCUT2D eigenvalue weighted by atomic mass is 35.5. The van der Waals surface area contributed by atoms with Gasteiger partial charge in [0, 0.05) is 60.8 Å². The van der Waals surface area contributed by atoms with Crippen LogP contribution < -0.4 is 10.6 Å². The largest absolute Gasteiger partial charge is 0.355 e. The molecule has 0 spiro atoms. The number of rotatable bonds is 4. The number of thiazole rings is 1. The zero-order valence-corrected chi connectivity index (χ0v) is 19.3. The van der Waals surface area contributed by atoms with Crippen molar-refractivity contribution in [3.63, 3.8) is 0 Å². The van der Waals surface area contributed by atoms with Gasteiger partial charge in [0.05, 0.1) is 22.4 Å². The first-order valence-corrected chi connectivity index (χ1v) is 12.0. The number of hydrogen-bond acceptors (Lipinski definition) is 8. The van der Waals surface area contributed by atoms with Crippen LogP contribution in [-0.2, 0) is 12.5 Å². The van der Waals surface area contributed by atoms with Gasteiger partial charge in [0.15, 0.2) is 0 Å². The van der Waals surface area contributed by atoms with Crippen molar-refractivity contribution in [3.05, 3.63) is 46.1 Å². The van der Waals surface area contributed by atoms with Gasteiger partial charge in [-0.1, -0.05) is 11.6 Å². The van der Waals surface area contributed by atoms with Gasteiger partial charge in [0.1, 0.15) is 16.3 Å². The number of hydrogen-bond donors (Lipinski definition) is 2. The summed E-state index contributed by atoms with van der Waals surface area (Å²) in [5.74, 6) is 1.85. The van der Waals surface area contributed by atoms with E-state index >= 15 is 0 Å². The number of anilines is 1. The molecule has 1 aliphatic carbocycles. The predicted molar refractivity (Wildman–Crippen MR) is 128 cm³/mol. The van der Waals surface area contributed by atoms with E-state index in [1.54, 1.807) is 16.0 Å². The number of aryl methyl sites for hydroxylation is 1. The van der Waals surface area contributed by atoms with Gasteiger partial charge < -0.3 is 10.6 Å². The number of halogens is 1. The van der Waals surface area contributed by atoms with Crippen LogP contribution in [0, 0.1) is 11.8 Å². The van der Waals surface area contributed by atoms with E-state index in [4.69, 9.17) is 27.3 Å². The fourth-order valence-corrected chi connectivity index (χ4v) is 6.86. The van der Waals surface area contributed by atoms with Crippen molar-refractivity contribution in [2.45, 2.75) is 5.41 Å². The third-order valence-corrected chi connectivity index (χ3v) is 8.66. The molecule has 5 aromatic rings. The molecule has 1 aromatic carbocycles. The molecule has 0 radical (unpaired) electrons. The third-order valence-electron chi connectivity index (χ3n) is 7.29. The van der Waals surface area contributed by atoms with Gasteiger partial charge in [-0.2, -0.15) is 10.2 Å².